The molecule has 0 unspecified atom stereocenters. The Hall–Kier alpha value is -0.940. The van der Waals surface area contributed by atoms with Gasteiger partial charge < -0.3 is 10.0 Å². The first kappa shape index (κ1) is 12.1. The van der Waals surface area contributed by atoms with Gasteiger partial charge in [-0.3, -0.25) is 0 Å². The lowest BCUT2D eigenvalue weighted by Gasteiger charge is -2.22. The van der Waals surface area contributed by atoms with Crippen LogP contribution in [0.1, 0.15) is 13.3 Å². The van der Waals surface area contributed by atoms with E-state index in [1.165, 1.54) is 0 Å². The Morgan fingerprint density at radius 2 is 2.27 bits per heavy atom. The summed E-state index contributed by atoms with van der Waals surface area (Å²) in [5.41, 5.74) is 0. The fourth-order valence-corrected chi connectivity index (χ4v) is 1.40. The van der Waals surface area contributed by atoms with E-state index in [9.17, 15) is 4.39 Å². The van der Waals surface area contributed by atoms with Crippen LogP contribution in [0.25, 0.3) is 0 Å². The second-order valence-electron chi connectivity index (χ2n) is 3.02. The van der Waals surface area contributed by atoms with Gasteiger partial charge in [0.1, 0.15) is 0 Å². The number of halogens is 2. The first-order valence-corrected chi connectivity index (χ1v) is 5.10. The van der Waals surface area contributed by atoms with Crippen molar-refractivity contribution in [1.29, 1.82) is 0 Å². The van der Waals surface area contributed by atoms with Gasteiger partial charge in [-0.05, 0) is 18.0 Å². The zero-order chi connectivity index (χ0) is 11.3. The topological polar surface area (TPSA) is 49.2 Å². The number of aliphatic hydroxyl groups is 1. The number of rotatable bonds is 5. The van der Waals surface area contributed by atoms with Gasteiger partial charge in [-0.2, -0.15) is 4.98 Å². The summed E-state index contributed by atoms with van der Waals surface area (Å²) in [6, 6.07) is 0. The number of aliphatic hydroxyl groups excluding tert-OH is 1. The highest BCUT2D eigenvalue weighted by atomic mass is 35.5. The second kappa shape index (κ2) is 5.82. The Kier molecular flexibility index (Phi) is 4.71. The van der Waals surface area contributed by atoms with Gasteiger partial charge >= 0.3 is 0 Å². The van der Waals surface area contributed by atoms with Gasteiger partial charge in [0.25, 0.3) is 0 Å². The number of aromatic nitrogens is 2. The molecule has 0 saturated heterocycles. The SMILES string of the molecule is CCCN(CCO)c1nc(Cl)ncc1F. The van der Waals surface area contributed by atoms with Crippen LogP contribution in [0.15, 0.2) is 6.20 Å². The molecule has 84 valence electrons. The van der Waals surface area contributed by atoms with Crippen molar-refractivity contribution < 1.29 is 9.50 Å². The molecule has 0 fully saturated rings. The van der Waals surface area contributed by atoms with Gasteiger partial charge in [-0.15, -0.1) is 0 Å². The normalized spacial score (nSPS) is 10.4. The molecule has 1 N–H and O–H groups in total. The third-order valence-electron chi connectivity index (χ3n) is 1.86. The van der Waals surface area contributed by atoms with Gasteiger partial charge in [0.15, 0.2) is 11.6 Å². The largest absolute Gasteiger partial charge is 0.395 e. The number of hydrogen-bond donors (Lipinski definition) is 1. The van der Waals surface area contributed by atoms with Crippen LogP contribution >= 0.6 is 11.6 Å². The lowest BCUT2D eigenvalue weighted by molar-refractivity contribution is 0.301. The maximum Gasteiger partial charge on any atom is 0.224 e. The molecule has 1 aromatic heterocycles. The van der Waals surface area contributed by atoms with E-state index in [0.717, 1.165) is 12.6 Å². The van der Waals surface area contributed by atoms with Crippen LogP contribution in [0.2, 0.25) is 5.28 Å². The Balaban J connectivity index is 2.93. The molecule has 0 aliphatic heterocycles. The molecule has 0 spiro atoms. The van der Waals surface area contributed by atoms with Crippen LogP contribution in [0.4, 0.5) is 10.2 Å². The third kappa shape index (κ3) is 3.28. The molecule has 1 heterocycles. The maximum absolute atomic E-state index is 13.4. The van der Waals surface area contributed by atoms with E-state index in [4.69, 9.17) is 16.7 Å². The average molecular weight is 234 g/mol. The summed E-state index contributed by atoms with van der Waals surface area (Å²) in [4.78, 5) is 8.98. The standard InChI is InChI=1S/C9H13ClFN3O/c1-2-3-14(4-5-15)8-7(11)6-12-9(10)13-8/h6,15H,2-5H2,1H3. The van der Waals surface area contributed by atoms with Crippen LogP contribution in [0.3, 0.4) is 0 Å². The highest BCUT2D eigenvalue weighted by Gasteiger charge is 2.13. The molecule has 0 amide bonds. The van der Waals surface area contributed by atoms with Crippen LogP contribution in [-0.4, -0.2) is 34.8 Å². The molecule has 6 heteroatoms. The molecule has 1 aromatic rings. The molecule has 1 rings (SSSR count). The summed E-state index contributed by atoms with van der Waals surface area (Å²) in [6.07, 6.45) is 1.87. The van der Waals surface area contributed by atoms with Crippen LogP contribution < -0.4 is 4.90 Å². The first-order valence-electron chi connectivity index (χ1n) is 4.73. The minimum Gasteiger partial charge on any atom is -0.395 e. The van der Waals surface area contributed by atoms with E-state index in [2.05, 4.69) is 9.97 Å². The summed E-state index contributed by atoms with van der Waals surface area (Å²) in [5, 5.41) is 8.85. The molecule has 0 aromatic carbocycles. The highest BCUT2D eigenvalue weighted by molar-refractivity contribution is 6.28. The summed E-state index contributed by atoms with van der Waals surface area (Å²) < 4.78 is 13.4. The third-order valence-corrected chi connectivity index (χ3v) is 2.04. The Morgan fingerprint density at radius 1 is 1.53 bits per heavy atom. The summed E-state index contributed by atoms with van der Waals surface area (Å²) in [5.74, 6) is -0.382. The molecule has 15 heavy (non-hydrogen) atoms. The predicted molar refractivity (Wildman–Crippen MR) is 56.6 cm³/mol. The van der Waals surface area contributed by atoms with Crippen LogP contribution in [-0.2, 0) is 0 Å². The summed E-state index contributed by atoms with van der Waals surface area (Å²) >= 11 is 5.58. The minimum absolute atomic E-state index is 0.00504. The highest BCUT2D eigenvalue weighted by Crippen LogP contribution is 2.17. The smallest absolute Gasteiger partial charge is 0.224 e. The Labute approximate surface area is 92.7 Å². The van der Waals surface area contributed by atoms with Gasteiger partial charge in [-0.25, -0.2) is 9.37 Å². The maximum atomic E-state index is 13.4. The van der Waals surface area contributed by atoms with Gasteiger partial charge in [0.05, 0.1) is 12.8 Å². The Morgan fingerprint density at radius 3 is 2.87 bits per heavy atom. The van der Waals surface area contributed by atoms with Crippen molar-refractivity contribution in [3.63, 3.8) is 0 Å². The van der Waals surface area contributed by atoms with Crippen molar-refractivity contribution in [2.24, 2.45) is 0 Å². The van der Waals surface area contributed by atoms with Crippen molar-refractivity contribution in [3.05, 3.63) is 17.3 Å². The molecule has 0 bridgehead atoms. The molecule has 0 saturated carbocycles. The molecule has 4 nitrogen and oxygen atoms in total. The average Bonchev–Trinajstić information content (AvgIpc) is 2.21. The summed E-state index contributed by atoms with van der Waals surface area (Å²) in [6.45, 7) is 2.86. The molecular formula is C9H13ClFN3O. The molecule has 0 radical (unpaired) electrons. The van der Waals surface area contributed by atoms with Crippen molar-refractivity contribution in [1.82, 2.24) is 9.97 Å². The second-order valence-corrected chi connectivity index (χ2v) is 3.36. The van der Waals surface area contributed by atoms with E-state index in [-0.39, 0.29) is 17.7 Å². The van der Waals surface area contributed by atoms with Crippen molar-refractivity contribution >= 4 is 17.4 Å². The van der Waals surface area contributed by atoms with E-state index in [1.54, 1.807) is 4.90 Å². The monoisotopic (exact) mass is 233 g/mol. The molecular weight excluding hydrogens is 221 g/mol. The molecule has 0 aliphatic rings. The van der Waals surface area contributed by atoms with Crippen molar-refractivity contribution in [2.75, 3.05) is 24.6 Å². The molecule has 0 aliphatic carbocycles. The lowest BCUT2D eigenvalue weighted by Crippen LogP contribution is -2.29. The van der Waals surface area contributed by atoms with E-state index in [0.29, 0.717) is 13.1 Å². The predicted octanol–water partition coefficient (Wildman–Crippen LogP) is 1.48. The zero-order valence-corrected chi connectivity index (χ0v) is 9.21. The van der Waals surface area contributed by atoms with Gasteiger partial charge in [0, 0.05) is 13.1 Å². The quantitative estimate of drug-likeness (QED) is 0.783. The van der Waals surface area contributed by atoms with E-state index >= 15 is 0 Å². The van der Waals surface area contributed by atoms with Gasteiger partial charge in [-0.1, -0.05) is 6.92 Å². The van der Waals surface area contributed by atoms with Crippen molar-refractivity contribution in [3.8, 4) is 0 Å². The van der Waals surface area contributed by atoms with Gasteiger partial charge in [0.2, 0.25) is 5.28 Å². The zero-order valence-electron chi connectivity index (χ0n) is 8.45. The summed E-state index contributed by atoms with van der Waals surface area (Å²) in [7, 11) is 0. The Bertz CT molecular complexity index is 318. The number of hydrogen-bond acceptors (Lipinski definition) is 4. The van der Waals surface area contributed by atoms with Crippen LogP contribution in [0.5, 0.6) is 0 Å². The fraction of sp³-hybridized carbons (Fsp3) is 0.556. The number of anilines is 1. The van der Waals surface area contributed by atoms with E-state index < -0.39 is 5.82 Å². The fourth-order valence-electron chi connectivity index (χ4n) is 1.27. The van der Waals surface area contributed by atoms with Crippen molar-refractivity contribution in [2.45, 2.75) is 13.3 Å². The van der Waals surface area contributed by atoms with Crippen LogP contribution in [0, 0.1) is 5.82 Å². The first-order chi connectivity index (χ1) is 7.19. The minimum atomic E-state index is -0.527. The number of nitrogens with zero attached hydrogens (tertiary/aromatic N) is 3. The molecule has 0 atom stereocenters. The van der Waals surface area contributed by atoms with E-state index in [1.807, 2.05) is 6.92 Å². The lowest BCUT2D eigenvalue weighted by atomic mass is 10.4.